The Morgan fingerprint density at radius 3 is 2.78 bits per heavy atom. The van der Waals surface area contributed by atoms with Crippen LogP contribution in [0.15, 0.2) is 73.4 Å². The second-order valence-corrected chi connectivity index (χ2v) is 9.25. The average Bonchev–Trinajstić information content (AvgIpc) is 2.83. The molecule has 0 radical (unpaired) electrons. The Labute approximate surface area is 196 Å². The number of rotatable bonds is 6. The van der Waals surface area contributed by atoms with Gasteiger partial charge in [-0.1, -0.05) is 36.4 Å². The minimum atomic E-state index is -0.546. The summed E-state index contributed by atoms with van der Waals surface area (Å²) < 4.78 is 6.38. The first kappa shape index (κ1) is 22.8. The molecular formula is C27H31ClN2O2. The Bertz CT molecular complexity index is 1090. The van der Waals surface area contributed by atoms with Crippen LogP contribution in [0.5, 0.6) is 5.75 Å². The van der Waals surface area contributed by atoms with Gasteiger partial charge in [0.1, 0.15) is 24.4 Å². The van der Waals surface area contributed by atoms with Crippen molar-refractivity contribution in [3.05, 3.63) is 84.6 Å². The lowest BCUT2D eigenvalue weighted by atomic mass is 9.71. The quantitative estimate of drug-likeness (QED) is 0.460. The summed E-state index contributed by atoms with van der Waals surface area (Å²) in [6, 6.07) is 18.8. The topological polar surface area (TPSA) is 42.4 Å². The van der Waals surface area contributed by atoms with Crippen molar-refractivity contribution in [1.82, 2.24) is 4.98 Å². The van der Waals surface area contributed by atoms with E-state index in [2.05, 4.69) is 48.0 Å². The third-order valence-electron chi connectivity index (χ3n) is 7.68. The predicted molar refractivity (Wildman–Crippen MR) is 124 cm³/mol. The lowest BCUT2D eigenvalue weighted by Crippen LogP contribution is -3.00. The molecule has 5 atom stereocenters. The van der Waals surface area contributed by atoms with Gasteiger partial charge in [0.05, 0.1) is 25.7 Å². The normalized spacial score (nSPS) is 27.5. The Kier molecular flexibility index (Phi) is 6.57. The molecule has 168 valence electrons. The van der Waals surface area contributed by atoms with Crippen LogP contribution in [0.1, 0.15) is 30.1 Å². The van der Waals surface area contributed by atoms with Gasteiger partial charge in [-0.3, -0.25) is 4.98 Å². The molecule has 2 unspecified atom stereocenters. The summed E-state index contributed by atoms with van der Waals surface area (Å²) in [6.07, 6.45) is 5.65. The number of hydrogen-bond donors (Lipinski definition) is 1. The Morgan fingerprint density at radius 1 is 1.22 bits per heavy atom. The van der Waals surface area contributed by atoms with Gasteiger partial charge >= 0.3 is 0 Å². The van der Waals surface area contributed by atoms with E-state index in [-0.39, 0.29) is 18.4 Å². The zero-order valence-electron chi connectivity index (χ0n) is 18.5. The summed E-state index contributed by atoms with van der Waals surface area (Å²) in [7, 11) is 1.68. The maximum Gasteiger partial charge on any atom is 0.131 e. The van der Waals surface area contributed by atoms with Crippen LogP contribution in [-0.4, -0.2) is 40.8 Å². The molecule has 4 nitrogen and oxygen atoms in total. The molecule has 1 N–H and O–H groups in total. The molecule has 3 saturated heterocycles. The number of halogens is 1. The van der Waals surface area contributed by atoms with E-state index in [0.29, 0.717) is 11.8 Å². The van der Waals surface area contributed by atoms with Crippen molar-refractivity contribution in [1.29, 1.82) is 0 Å². The Hall–Kier alpha value is -2.40. The van der Waals surface area contributed by atoms with Crippen molar-refractivity contribution in [3.8, 4) is 5.75 Å². The number of hydrogen-bond acceptors (Lipinski definition) is 3. The van der Waals surface area contributed by atoms with E-state index in [9.17, 15) is 5.11 Å². The van der Waals surface area contributed by atoms with Gasteiger partial charge in [-0.15, -0.1) is 6.58 Å². The molecule has 0 spiro atoms. The fourth-order valence-corrected chi connectivity index (χ4v) is 6.07. The van der Waals surface area contributed by atoms with Crippen molar-refractivity contribution in [2.24, 2.45) is 11.8 Å². The standard InChI is InChI=1S/C27H31N2O2.ClH/c1-3-20-18-29(17-19-7-5-4-6-8-19)14-12-21(20)15-26(29)27(30)23-11-13-28-25-10-9-22(31-2)16-24(23)25;/h3-11,13,16,20-21,26-27,30H,1,12,14-15,17-18H2,2H3;1H/q+1;/p-1/t20-,21?,26-,27+,29?;/m0./s1. The Balaban J connectivity index is 0.00000245. The monoisotopic (exact) mass is 450 g/mol. The van der Waals surface area contributed by atoms with Gasteiger partial charge in [0.25, 0.3) is 0 Å². The zero-order chi connectivity index (χ0) is 21.4. The summed E-state index contributed by atoms with van der Waals surface area (Å²) in [6.45, 7) is 7.25. The highest BCUT2D eigenvalue weighted by molar-refractivity contribution is 5.83. The zero-order valence-corrected chi connectivity index (χ0v) is 19.3. The predicted octanol–water partition coefficient (Wildman–Crippen LogP) is 1.89. The molecule has 4 heterocycles. The molecular weight excluding hydrogens is 420 g/mol. The number of quaternary nitrogens is 1. The van der Waals surface area contributed by atoms with Gasteiger partial charge < -0.3 is 26.7 Å². The number of methoxy groups -OCH3 is 1. The fourth-order valence-electron chi connectivity index (χ4n) is 6.07. The highest BCUT2D eigenvalue weighted by atomic mass is 35.5. The number of aromatic nitrogens is 1. The number of piperidine rings is 3. The van der Waals surface area contributed by atoms with Crippen molar-refractivity contribution >= 4 is 10.9 Å². The number of aliphatic hydroxyl groups excluding tert-OH is 1. The number of nitrogens with zero attached hydrogens (tertiary/aromatic N) is 2. The molecule has 5 heteroatoms. The van der Waals surface area contributed by atoms with Crippen molar-refractivity contribution in [3.63, 3.8) is 0 Å². The van der Waals surface area contributed by atoms with Gasteiger partial charge in [0, 0.05) is 35.9 Å². The van der Waals surface area contributed by atoms with E-state index in [1.807, 2.05) is 30.5 Å². The van der Waals surface area contributed by atoms with Crippen LogP contribution in [0.25, 0.3) is 10.9 Å². The molecule has 3 aliphatic heterocycles. The average molecular weight is 451 g/mol. The molecule has 2 bridgehead atoms. The molecule has 3 aromatic rings. The van der Waals surface area contributed by atoms with Crippen molar-refractivity contribution in [2.45, 2.75) is 31.5 Å². The number of ether oxygens (including phenoxy) is 1. The fraction of sp³-hybridized carbons (Fsp3) is 0.370. The maximum absolute atomic E-state index is 11.8. The van der Waals surface area contributed by atoms with Gasteiger partial charge in [-0.05, 0) is 35.7 Å². The van der Waals surface area contributed by atoms with Crippen LogP contribution >= 0.6 is 0 Å². The summed E-state index contributed by atoms with van der Waals surface area (Å²) in [5, 5.41) is 12.8. The van der Waals surface area contributed by atoms with Crippen LogP contribution in [-0.2, 0) is 6.54 Å². The highest BCUT2D eigenvalue weighted by Gasteiger charge is 2.53. The van der Waals surface area contributed by atoms with E-state index < -0.39 is 6.10 Å². The molecule has 0 saturated carbocycles. The smallest absolute Gasteiger partial charge is 0.131 e. The van der Waals surface area contributed by atoms with Crippen LogP contribution in [0.2, 0.25) is 0 Å². The van der Waals surface area contributed by atoms with Crippen LogP contribution in [0.3, 0.4) is 0 Å². The molecule has 32 heavy (non-hydrogen) atoms. The first-order chi connectivity index (χ1) is 15.1. The summed E-state index contributed by atoms with van der Waals surface area (Å²) in [5.74, 6) is 1.92. The number of fused-ring (bicyclic) bond motifs is 4. The van der Waals surface area contributed by atoms with Gasteiger partial charge in [0.15, 0.2) is 0 Å². The highest BCUT2D eigenvalue weighted by Crippen LogP contribution is 2.48. The second kappa shape index (κ2) is 9.22. The third-order valence-corrected chi connectivity index (χ3v) is 7.68. The van der Waals surface area contributed by atoms with Gasteiger partial charge in [-0.25, -0.2) is 0 Å². The molecule has 6 rings (SSSR count). The molecule has 3 aliphatic rings. The van der Waals surface area contributed by atoms with E-state index in [1.165, 1.54) is 12.0 Å². The van der Waals surface area contributed by atoms with Crippen molar-refractivity contribution in [2.75, 3.05) is 20.2 Å². The number of benzene rings is 2. The molecule has 0 aliphatic carbocycles. The lowest BCUT2D eigenvalue weighted by molar-refractivity contribution is -0.984. The first-order valence-corrected chi connectivity index (χ1v) is 11.3. The van der Waals surface area contributed by atoms with E-state index in [0.717, 1.165) is 52.8 Å². The van der Waals surface area contributed by atoms with Gasteiger partial charge in [-0.2, -0.15) is 0 Å². The SMILES string of the molecule is C=C[C@H]1C[N+]2(Cc3ccccc3)CCC1C[C@H]2[C@H](O)c1ccnc2ccc(OC)cc12.[Cl-]. The van der Waals surface area contributed by atoms with Crippen LogP contribution < -0.4 is 17.1 Å². The lowest BCUT2D eigenvalue weighted by Gasteiger charge is -2.58. The second-order valence-electron chi connectivity index (χ2n) is 9.25. The summed E-state index contributed by atoms with van der Waals surface area (Å²) in [5.41, 5.74) is 3.19. The minimum Gasteiger partial charge on any atom is -1.00 e. The number of pyridine rings is 1. The van der Waals surface area contributed by atoms with E-state index >= 15 is 0 Å². The molecule has 1 aromatic heterocycles. The van der Waals surface area contributed by atoms with Crippen LogP contribution in [0.4, 0.5) is 0 Å². The van der Waals surface area contributed by atoms with Gasteiger partial charge in [0.2, 0.25) is 0 Å². The van der Waals surface area contributed by atoms with Crippen molar-refractivity contribution < 1.29 is 26.7 Å². The molecule has 2 aromatic carbocycles. The Morgan fingerprint density at radius 2 is 2.03 bits per heavy atom. The van der Waals surface area contributed by atoms with E-state index in [4.69, 9.17) is 4.74 Å². The summed E-state index contributed by atoms with van der Waals surface area (Å²) in [4.78, 5) is 4.52. The minimum absolute atomic E-state index is 0. The summed E-state index contributed by atoms with van der Waals surface area (Å²) >= 11 is 0. The molecule has 3 fully saturated rings. The third kappa shape index (κ3) is 3.92. The van der Waals surface area contributed by atoms with Crippen LogP contribution in [0, 0.1) is 11.8 Å². The number of aliphatic hydroxyl groups is 1. The largest absolute Gasteiger partial charge is 1.00 e. The first-order valence-electron chi connectivity index (χ1n) is 11.3. The van der Waals surface area contributed by atoms with E-state index in [1.54, 1.807) is 7.11 Å². The maximum atomic E-state index is 11.8. The molecule has 0 amide bonds.